The lowest BCUT2D eigenvalue weighted by atomic mass is 8.22. The van der Waals surface area contributed by atoms with Gasteiger partial charge in [-0.25, -0.2) is 9.78 Å². The Morgan fingerprint density at radius 3 is 1.28 bits per heavy atom. The number of non-ortho nitro benzene ring substituents is 1. The van der Waals surface area contributed by atoms with E-state index in [9.17, 15) is 19.7 Å². The Hall–Kier alpha value is -1.63. The Kier molecular flexibility index (Phi) is 42.9. The summed E-state index contributed by atoms with van der Waals surface area (Å²) in [5, 5.41) is 13.2. The third-order valence-electron chi connectivity index (χ3n) is 23.0. The topological polar surface area (TPSA) is 175 Å². The number of imidazole rings is 1. The van der Waals surface area contributed by atoms with Gasteiger partial charge >= 0.3 is 6.03 Å². The van der Waals surface area contributed by atoms with Gasteiger partial charge in [0.1, 0.15) is 17.2 Å². The zero-order valence-electron chi connectivity index (χ0n) is 65.6. The van der Waals surface area contributed by atoms with Crippen molar-refractivity contribution in [1.29, 1.82) is 0 Å². The minimum Gasteiger partial charge on any atom is -0.493 e. The Morgan fingerprint density at radius 1 is 0.539 bits per heavy atom. The van der Waals surface area contributed by atoms with Crippen molar-refractivity contribution in [1.82, 2.24) is 15.3 Å². The van der Waals surface area contributed by atoms with E-state index in [4.69, 9.17) is 275 Å². The van der Waals surface area contributed by atoms with Crippen LogP contribution in [0, 0.1) is 10.1 Å². The van der Waals surface area contributed by atoms with Gasteiger partial charge in [-0.2, -0.15) is 0 Å². The van der Waals surface area contributed by atoms with Crippen LogP contribution in [-0.2, 0) is 5.41 Å². The SMILES string of the molecule is C=C1CCOc2ccc([N+](=O)[O-])cc21.CCN(C(=O)NC)c1ccc2c(c1)C1(CCO2)CC1c1cnc[nH]1.Nc1ccc2c(c1)C(=O)CCO2.[B][B]B(B([B])[B])B(B([B])[B])B(B(B([B])[B])B([B])[B])B(B(B(B([B])[B])B([B])[B])B(B([B])[B])B([B])[B])B(B(B(B([B])[B])B([B])[B])B(B([B])[B])B([B])[B])B(B(B([B])[B])B([B])[B])B(B([B])[B])B([B])[B]. The van der Waals surface area contributed by atoms with Gasteiger partial charge in [-0.05, 0) is 67.8 Å². The van der Waals surface area contributed by atoms with E-state index in [0.717, 1.165) is 55.5 Å². The molecule has 0 bridgehead atoms. The number of nitro groups is 1. The number of fused-ring (bicyclic) bond motifs is 4. The number of anilines is 2. The molecule has 2 amide bonds. The monoisotopic (exact) mass is 1400 g/mol. The summed E-state index contributed by atoms with van der Waals surface area (Å²) in [6, 6.07) is 15.7. The lowest BCUT2D eigenvalue weighted by Gasteiger charge is -2.59. The van der Waals surface area contributed by atoms with E-state index in [0.29, 0.717) is 54.8 Å². The summed E-state index contributed by atoms with van der Waals surface area (Å²) in [7, 11) is 223. The quantitative estimate of drug-likeness (QED) is 0.0175. The van der Waals surface area contributed by atoms with E-state index in [2.05, 4.69) is 27.9 Å². The highest BCUT2D eigenvalue weighted by Crippen LogP contribution is 2.65. The molecule has 1 saturated carbocycles. The molecule has 455 valence electrons. The van der Waals surface area contributed by atoms with E-state index in [1.54, 1.807) is 42.5 Å². The smallest absolute Gasteiger partial charge is 0.321 e. The van der Waals surface area contributed by atoms with Gasteiger partial charge in [0, 0.05) is 545 Å². The van der Waals surface area contributed by atoms with Crippen molar-refractivity contribution in [2.24, 2.45) is 0 Å². The number of Topliss-reactive ketones (excluding diaryl/α,β-unsaturated/α-hetero) is 1. The highest BCUT2D eigenvalue weighted by molar-refractivity contribution is 8.39. The summed E-state index contributed by atoms with van der Waals surface area (Å²) >= 11 is 0. The average molecular weight is 1380 g/mol. The number of nitrogen functional groups attached to an aromatic ring is 1. The van der Waals surface area contributed by atoms with Crippen molar-refractivity contribution in [3.8, 4) is 17.2 Å². The van der Waals surface area contributed by atoms with E-state index >= 15 is 0 Å². The predicted molar refractivity (Wildman–Crippen MR) is 563 cm³/mol. The summed E-state index contributed by atoms with van der Waals surface area (Å²) < 4.78 is 16.5. The molecule has 13 nitrogen and oxygen atoms in total. The Bertz CT molecular complexity index is 3530. The zero-order chi connectivity index (χ0) is 87.0. The van der Waals surface area contributed by atoms with Crippen LogP contribution in [0.3, 0.4) is 0 Å². The molecule has 78 heteroatoms. The first kappa shape index (κ1) is 104. The average Bonchev–Trinajstić information content (AvgIpc) is 1.62. The first-order chi connectivity index (χ1) is 53.7. The second-order valence-corrected chi connectivity index (χ2v) is 30.5. The minimum absolute atomic E-state index is 0.0791. The molecule has 3 aromatic carbocycles. The standard InChI is InChI=1S/C18H22N4O2.C10H9NO3.C9H9NO2.B65/c1-3-22(17(23)19-2)12-4-5-16-13(8-12)18(6-7-24-16)9-14(18)15-10-20-11-21-15;1-7-4-5-14-10-3-2-8(11(12)13)6-9(7)10;10-6-1-2-9-7(5-6)8(11)3-4-12-9;1-34-51(35(2)3)59(50(32)33)63(58(48(28)29)49(30)31)65(62(56(44(20)21)45(22)23)57(46(24)25)47(26)27)64(60(52(36(4)5)37(6)7)53(38(8)9)39(10)11)61(54(40(12)13)41(14)15)55(42(16)17)43(18)19/h4-5,8,10-11,14H,3,6-7,9H2,1-2H3,(H,19,23)(H,20,21);2-3,6H,1,4-5H2;1-2,5H,3-4,10H2;. The number of nitro benzene ring substituents is 1. The molecule has 1 fully saturated rings. The normalized spacial score (nSPS) is 13.9. The number of ether oxygens (including phenoxy) is 3. The number of rotatable bonds is 35. The maximum atomic E-state index is 12.1. The fourth-order valence-electron chi connectivity index (χ4n) is 18.0. The number of hydrogen-bond acceptors (Lipinski definition) is 9. The summed E-state index contributed by atoms with van der Waals surface area (Å²) in [4.78, 5) is 42.7. The molecular formula is C37H40B65N6O7. The van der Waals surface area contributed by atoms with E-state index < -0.39 is 203 Å². The molecule has 1 spiro atoms. The van der Waals surface area contributed by atoms with Crippen molar-refractivity contribution >= 4 is 495 Å². The number of ketones is 1. The van der Waals surface area contributed by atoms with Gasteiger partial charge in [-0.15, -0.1) is 0 Å². The number of nitrogens with two attached hydrogens (primary N) is 1. The number of nitrogens with zero attached hydrogens (tertiary/aromatic N) is 3. The third-order valence-corrected chi connectivity index (χ3v) is 23.0. The first-order valence-corrected chi connectivity index (χ1v) is 37.9. The highest BCUT2D eigenvalue weighted by atomic mass is 16.6. The van der Waals surface area contributed by atoms with Crippen LogP contribution in [0.15, 0.2) is 73.7 Å². The van der Waals surface area contributed by atoms with Crippen LogP contribution >= 0.6 is 0 Å². The van der Waals surface area contributed by atoms with Crippen molar-refractivity contribution in [3.63, 3.8) is 0 Å². The third kappa shape index (κ3) is 26.2. The van der Waals surface area contributed by atoms with Gasteiger partial charge in [0.05, 0.1) is 36.6 Å². The fourth-order valence-corrected chi connectivity index (χ4v) is 18.0. The number of benzene rings is 3. The van der Waals surface area contributed by atoms with Crippen molar-refractivity contribution < 1.29 is 28.7 Å². The minimum atomic E-state index is -1.59. The maximum Gasteiger partial charge on any atom is 0.321 e. The van der Waals surface area contributed by atoms with Crippen molar-refractivity contribution in [2.75, 3.05) is 44.0 Å². The van der Waals surface area contributed by atoms with E-state index in [1.807, 2.05) is 25.3 Å². The Balaban J connectivity index is 0.000000367. The first-order valence-electron chi connectivity index (χ1n) is 37.9. The predicted octanol–water partition coefficient (Wildman–Crippen LogP) is -18.3. The molecule has 4 aromatic rings. The number of amides is 2. The second kappa shape index (κ2) is 47.5. The molecular weight excluding hydrogens is 1340 g/mol. The number of carbonyl (C=O) groups excluding carboxylic acids is 2. The molecule has 1 aliphatic carbocycles. The number of hydrogen-bond donors (Lipinski definition) is 3. The largest absolute Gasteiger partial charge is 0.493 e. The molecule has 2 atom stereocenters. The summed E-state index contributed by atoms with van der Waals surface area (Å²) in [5.41, 5.74) is 11.9. The lowest BCUT2D eigenvalue weighted by molar-refractivity contribution is -0.384. The van der Waals surface area contributed by atoms with E-state index in [1.165, 1.54) is 23.4 Å². The highest BCUT2D eigenvalue weighted by Gasteiger charge is 2.64. The summed E-state index contributed by atoms with van der Waals surface area (Å²) in [5.74, 6) is 2.85. The molecule has 2 unspecified atom stereocenters. The molecule has 8 rings (SSSR count). The lowest BCUT2D eigenvalue weighted by Crippen LogP contribution is -2.98. The van der Waals surface area contributed by atoms with Gasteiger partial charge in [0.25, 0.3) is 5.69 Å². The molecule has 1 aromatic heterocycles. The van der Waals surface area contributed by atoms with Crippen LogP contribution in [0.1, 0.15) is 65.7 Å². The fraction of sp³-hybridized carbons (Fsp3) is 0.324. The van der Waals surface area contributed by atoms with E-state index in [-0.39, 0.29) is 22.9 Å². The van der Waals surface area contributed by atoms with Crippen LogP contribution in [0.2, 0.25) is 0 Å². The Labute approximate surface area is 744 Å². The van der Waals surface area contributed by atoms with Crippen LogP contribution in [-0.4, -0.2) is 520 Å². The van der Waals surface area contributed by atoms with Gasteiger partial charge in [-0.1, -0.05) is 6.58 Å². The number of aromatic nitrogens is 2. The van der Waals surface area contributed by atoms with Crippen molar-refractivity contribution in [3.05, 3.63) is 106 Å². The molecule has 4 aliphatic rings. The number of aromatic amines is 1. The molecule has 0 saturated heterocycles. The molecule has 3 aliphatic heterocycles. The van der Waals surface area contributed by atoms with Gasteiger partial charge in [0.15, 0.2) is 5.78 Å². The summed E-state index contributed by atoms with van der Waals surface area (Å²) in [6.45, 7) is 8.28. The molecule has 4 heterocycles. The molecule has 4 N–H and O–H groups in total. The number of urea groups is 1. The Morgan fingerprint density at radius 2 is 0.913 bits per heavy atom. The van der Waals surface area contributed by atoms with Gasteiger partial charge in [0.2, 0.25) is 0 Å². The van der Waals surface area contributed by atoms with Crippen LogP contribution < -0.4 is 30.2 Å². The van der Waals surface area contributed by atoms with Gasteiger partial charge in [-0.3, -0.25) is 19.8 Å². The number of nitrogens with one attached hydrogen (secondary N) is 2. The second-order valence-electron chi connectivity index (χ2n) is 30.5. The number of H-pyrrole nitrogens is 1. The van der Waals surface area contributed by atoms with Crippen LogP contribution in [0.4, 0.5) is 21.9 Å². The van der Waals surface area contributed by atoms with Gasteiger partial charge < -0.3 is 30.2 Å². The molecule has 115 heavy (non-hydrogen) atoms. The van der Waals surface area contributed by atoms with Crippen molar-refractivity contribution in [2.45, 2.75) is 43.9 Å². The zero-order valence-corrected chi connectivity index (χ0v) is 65.6. The summed E-state index contributed by atoms with van der Waals surface area (Å²) in [6.07, 6.45) is -38.7. The molecule has 67 radical (unpaired) electrons. The number of carbonyl (C=O) groups is 2. The maximum absolute atomic E-state index is 12.1. The van der Waals surface area contributed by atoms with Crippen LogP contribution in [0.5, 0.6) is 17.2 Å². The van der Waals surface area contributed by atoms with Crippen LogP contribution in [0.25, 0.3) is 5.57 Å².